The summed E-state index contributed by atoms with van der Waals surface area (Å²) in [4.78, 5) is 10.4. The minimum absolute atomic E-state index is 0.150. The molecule has 0 aromatic heterocycles. The van der Waals surface area contributed by atoms with Crippen LogP contribution < -0.4 is 5.32 Å². The Labute approximate surface area is 64.1 Å². The van der Waals surface area contributed by atoms with Crippen LogP contribution in [0.1, 0.15) is 12.8 Å². The minimum Gasteiger partial charge on any atom is -0.477 e. The molecular formula is C7H8N2O2. The number of hydrogen-bond donors (Lipinski definition) is 2. The van der Waals surface area contributed by atoms with E-state index < -0.39 is 5.97 Å². The van der Waals surface area contributed by atoms with E-state index in [0.717, 1.165) is 13.0 Å². The monoisotopic (exact) mass is 152 g/mol. The lowest BCUT2D eigenvalue weighted by Crippen LogP contribution is -2.11. The van der Waals surface area contributed by atoms with Crippen LogP contribution in [0, 0.1) is 11.3 Å². The first kappa shape index (κ1) is 7.61. The first-order valence-electron chi connectivity index (χ1n) is 3.36. The van der Waals surface area contributed by atoms with Crippen molar-refractivity contribution >= 4 is 5.97 Å². The molecule has 0 radical (unpaired) electrons. The topological polar surface area (TPSA) is 73.1 Å². The molecule has 0 aromatic rings. The molecular weight excluding hydrogens is 144 g/mol. The maximum absolute atomic E-state index is 10.4. The summed E-state index contributed by atoms with van der Waals surface area (Å²) in [5.41, 5.74) is 0.419. The van der Waals surface area contributed by atoms with Crippen molar-refractivity contribution in [1.29, 1.82) is 5.26 Å². The van der Waals surface area contributed by atoms with Crippen molar-refractivity contribution in [2.75, 3.05) is 6.54 Å². The molecule has 4 heteroatoms. The second-order valence-electron chi connectivity index (χ2n) is 2.30. The molecule has 0 aliphatic carbocycles. The van der Waals surface area contributed by atoms with Gasteiger partial charge >= 0.3 is 5.97 Å². The third-order valence-electron chi connectivity index (χ3n) is 1.57. The zero-order chi connectivity index (χ0) is 8.27. The molecule has 4 nitrogen and oxygen atoms in total. The van der Waals surface area contributed by atoms with E-state index in [1.54, 1.807) is 6.07 Å². The Bertz CT molecular complexity index is 242. The van der Waals surface area contributed by atoms with E-state index in [1.807, 2.05) is 0 Å². The number of rotatable bonds is 1. The lowest BCUT2D eigenvalue weighted by atomic mass is 10.2. The molecule has 0 spiro atoms. The summed E-state index contributed by atoms with van der Waals surface area (Å²) in [5.74, 6) is -1.14. The molecule has 0 unspecified atom stereocenters. The summed E-state index contributed by atoms with van der Waals surface area (Å²) in [6.45, 7) is 0.772. The number of nitrogens with zero attached hydrogens (tertiary/aromatic N) is 1. The minimum atomic E-state index is -1.14. The van der Waals surface area contributed by atoms with Crippen LogP contribution in [0.15, 0.2) is 11.3 Å². The van der Waals surface area contributed by atoms with Crippen molar-refractivity contribution in [2.24, 2.45) is 0 Å². The van der Waals surface area contributed by atoms with Gasteiger partial charge in [-0.05, 0) is 12.8 Å². The molecule has 11 heavy (non-hydrogen) atoms. The molecule has 1 aliphatic rings. The molecule has 58 valence electrons. The Hall–Kier alpha value is -1.50. The fourth-order valence-corrected chi connectivity index (χ4v) is 1.05. The van der Waals surface area contributed by atoms with E-state index in [2.05, 4.69) is 5.32 Å². The van der Waals surface area contributed by atoms with Crippen molar-refractivity contribution in [3.8, 4) is 6.07 Å². The number of allylic oxidation sites excluding steroid dienone is 1. The lowest BCUT2D eigenvalue weighted by molar-refractivity contribution is -0.132. The summed E-state index contributed by atoms with van der Waals surface area (Å²) in [5, 5.41) is 19.8. The zero-order valence-corrected chi connectivity index (χ0v) is 5.92. The first-order valence-corrected chi connectivity index (χ1v) is 3.36. The second kappa shape index (κ2) is 3.06. The maximum Gasteiger partial charge on any atom is 0.348 e. The SMILES string of the molecule is N#C/C(C(=O)O)=C1\CCCN1. The molecule has 0 aromatic carbocycles. The largest absolute Gasteiger partial charge is 0.477 e. The highest BCUT2D eigenvalue weighted by atomic mass is 16.4. The molecule has 0 amide bonds. The van der Waals surface area contributed by atoms with Crippen molar-refractivity contribution in [3.63, 3.8) is 0 Å². The summed E-state index contributed by atoms with van der Waals surface area (Å²) >= 11 is 0. The van der Waals surface area contributed by atoms with E-state index in [4.69, 9.17) is 10.4 Å². The van der Waals surface area contributed by atoms with Crippen LogP contribution in [0.5, 0.6) is 0 Å². The number of aliphatic carboxylic acids is 1. The Morgan fingerprint density at radius 1 is 1.73 bits per heavy atom. The Morgan fingerprint density at radius 2 is 2.45 bits per heavy atom. The maximum atomic E-state index is 10.4. The van der Waals surface area contributed by atoms with Gasteiger partial charge in [0.1, 0.15) is 6.07 Å². The van der Waals surface area contributed by atoms with Crippen LogP contribution in [0.2, 0.25) is 0 Å². The highest BCUT2D eigenvalue weighted by Crippen LogP contribution is 2.13. The Morgan fingerprint density at radius 3 is 2.82 bits per heavy atom. The predicted octanol–water partition coefficient (Wildman–Crippen LogP) is 0.232. The van der Waals surface area contributed by atoms with E-state index in [9.17, 15) is 4.79 Å². The summed E-state index contributed by atoms with van der Waals surface area (Å²) in [6, 6.07) is 1.66. The molecule has 0 atom stereocenters. The van der Waals surface area contributed by atoms with Crippen LogP contribution in [0.25, 0.3) is 0 Å². The molecule has 1 saturated heterocycles. The molecule has 0 saturated carbocycles. The summed E-state index contributed by atoms with van der Waals surface area (Å²) in [6.07, 6.45) is 1.59. The Kier molecular flexibility index (Phi) is 2.12. The quantitative estimate of drug-likeness (QED) is 0.416. The Balaban J connectivity index is 2.90. The number of carboxylic acids is 1. The second-order valence-corrected chi connectivity index (χ2v) is 2.30. The van der Waals surface area contributed by atoms with E-state index in [0.29, 0.717) is 12.1 Å². The fourth-order valence-electron chi connectivity index (χ4n) is 1.05. The number of nitrogens with one attached hydrogen (secondary N) is 1. The van der Waals surface area contributed by atoms with E-state index in [-0.39, 0.29) is 5.57 Å². The van der Waals surface area contributed by atoms with Gasteiger partial charge in [0.15, 0.2) is 5.57 Å². The molecule has 2 N–H and O–H groups in total. The van der Waals surface area contributed by atoms with Crippen LogP contribution in [-0.2, 0) is 4.79 Å². The number of carbonyl (C=O) groups is 1. The average Bonchev–Trinajstić information content (AvgIpc) is 2.40. The zero-order valence-electron chi connectivity index (χ0n) is 5.92. The van der Waals surface area contributed by atoms with E-state index >= 15 is 0 Å². The van der Waals surface area contributed by atoms with Gasteiger partial charge in [-0.1, -0.05) is 0 Å². The van der Waals surface area contributed by atoms with Gasteiger partial charge in [0.25, 0.3) is 0 Å². The van der Waals surface area contributed by atoms with Gasteiger partial charge in [0, 0.05) is 12.2 Å². The van der Waals surface area contributed by atoms with Crippen molar-refractivity contribution in [2.45, 2.75) is 12.8 Å². The average molecular weight is 152 g/mol. The number of nitriles is 1. The number of hydrogen-bond acceptors (Lipinski definition) is 3. The summed E-state index contributed by atoms with van der Waals surface area (Å²) in [7, 11) is 0. The smallest absolute Gasteiger partial charge is 0.348 e. The van der Waals surface area contributed by atoms with Crippen molar-refractivity contribution < 1.29 is 9.90 Å². The highest BCUT2D eigenvalue weighted by Gasteiger charge is 2.16. The van der Waals surface area contributed by atoms with Crippen LogP contribution in [-0.4, -0.2) is 17.6 Å². The number of carboxylic acid groups (broad SMARTS) is 1. The first-order chi connectivity index (χ1) is 5.25. The lowest BCUT2D eigenvalue weighted by Gasteiger charge is -1.97. The van der Waals surface area contributed by atoms with Gasteiger partial charge in [0.05, 0.1) is 0 Å². The van der Waals surface area contributed by atoms with Gasteiger partial charge in [-0.2, -0.15) is 5.26 Å². The highest BCUT2D eigenvalue weighted by molar-refractivity contribution is 5.91. The van der Waals surface area contributed by atoms with Crippen LogP contribution >= 0.6 is 0 Å². The normalized spacial score (nSPS) is 20.3. The van der Waals surface area contributed by atoms with Gasteiger partial charge in [-0.15, -0.1) is 0 Å². The van der Waals surface area contributed by atoms with Crippen molar-refractivity contribution in [3.05, 3.63) is 11.3 Å². The molecule has 1 aliphatic heterocycles. The molecule has 1 fully saturated rings. The van der Waals surface area contributed by atoms with Gasteiger partial charge in [-0.3, -0.25) is 0 Å². The molecule has 1 rings (SSSR count). The van der Waals surface area contributed by atoms with E-state index in [1.165, 1.54) is 0 Å². The van der Waals surface area contributed by atoms with Crippen LogP contribution in [0.4, 0.5) is 0 Å². The molecule has 1 heterocycles. The van der Waals surface area contributed by atoms with Gasteiger partial charge in [-0.25, -0.2) is 4.79 Å². The summed E-state index contributed by atoms with van der Waals surface area (Å²) < 4.78 is 0. The van der Waals surface area contributed by atoms with Gasteiger partial charge in [0.2, 0.25) is 0 Å². The van der Waals surface area contributed by atoms with Crippen LogP contribution in [0.3, 0.4) is 0 Å². The third kappa shape index (κ3) is 1.49. The predicted molar refractivity (Wildman–Crippen MR) is 37.5 cm³/mol. The standard InChI is InChI=1S/C7H8N2O2/c8-4-5(7(10)11)6-2-1-3-9-6/h9H,1-3H2,(H,10,11)/b6-5-. The third-order valence-corrected chi connectivity index (χ3v) is 1.57. The molecule has 0 bridgehead atoms. The van der Waals surface area contributed by atoms with Gasteiger partial charge < -0.3 is 10.4 Å². The fraction of sp³-hybridized carbons (Fsp3) is 0.429. The van der Waals surface area contributed by atoms with Crippen molar-refractivity contribution in [1.82, 2.24) is 5.32 Å².